The Balaban J connectivity index is 1.63. The van der Waals surface area contributed by atoms with Gasteiger partial charge in [-0.15, -0.1) is 0 Å². The fraction of sp³-hybridized carbons (Fsp3) is 0.500. The summed E-state index contributed by atoms with van der Waals surface area (Å²) in [5.41, 5.74) is 1.12. The van der Waals surface area contributed by atoms with Gasteiger partial charge in [0, 0.05) is 18.4 Å². The van der Waals surface area contributed by atoms with E-state index in [2.05, 4.69) is 28.3 Å². The quantitative estimate of drug-likeness (QED) is 0.922. The van der Waals surface area contributed by atoms with Crippen molar-refractivity contribution in [3.8, 4) is 5.82 Å². The number of anilines is 1. The van der Waals surface area contributed by atoms with Crippen LogP contribution in [0, 0.1) is 5.92 Å². The smallest absolute Gasteiger partial charge is 0.137 e. The van der Waals surface area contributed by atoms with E-state index >= 15 is 0 Å². The maximum atomic E-state index is 4.49. The van der Waals surface area contributed by atoms with Crippen LogP contribution in [0.5, 0.6) is 0 Å². The van der Waals surface area contributed by atoms with Crippen LogP contribution in [0.15, 0.2) is 37.1 Å². The second kappa shape index (κ2) is 6.07. The molecule has 2 unspecified atom stereocenters. The summed E-state index contributed by atoms with van der Waals surface area (Å²) in [6.07, 6.45) is 14.0. The minimum absolute atomic E-state index is 0.606. The van der Waals surface area contributed by atoms with Gasteiger partial charge < -0.3 is 5.32 Å². The lowest BCUT2D eigenvalue weighted by Crippen LogP contribution is -2.27. The lowest BCUT2D eigenvalue weighted by Gasteiger charge is -2.29. The van der Waals surface area contributed by atoms with Crippen molar-refractivity contribution in [3.05, 3.63) is 37.1 Å². The van der Waals surface area contributed by atoms with Gasteiger partial charge in [-0.2, -0.15) is 0 Å². The largest absolute Gasteiger partial charge is 0.381 e. The van der Waals surface area contributed by atoms with Crippen LogP contribution < -0.4 is 5.32 Å². The van der Waals surface area contributed by atoms with Crippen molar-refractivity contribution in [2.45, 2.75) is 45.1 Å². The van der Waals surface area contributed by atoms with E-state index in [-0.39, 0.29) is 0 Å². The summed E-state index contributed by atoms with van der Waals surface area (Å²) < 4.78 is 1.91. The van der Waals surface area contributed by atoms with Crippen LogP contribution in [0.1, 0.15) is 39.0 Å². The maximum Gasteiger partial charge on any atom is 0.137 e. The Kier molecular flexibility index (Phi) is 4.00. The summed E-state index contributed by atoms with van der Waals surface area (Å²) in [6.45, 7) is 2.30. The van der Waals surface area contributed by atoms with Crippen molar-refractivity contribution in [3.63, 3.8) is 0 Å². The summed E-state index contributed by atoms with van der Waals surface area (Å²) >= 11 is 0. The zero-order chi connectivity index (χ0) is 13.8. The topological polar surface area (TPSA) is 42.7 Å². The van der Waals surface area contributed by atoms with Gasteiger partial charge in [0.2, 0.25) is 0 Å². The van der Waals surface area contributed by atoms with Crippen molar-refractivity contribution in [1.29, 1.82) is 0 Å². The Bertz CT molecular complexity index is 518. The molecule has 1 N–H and O–H groups in total. The summed E-state index contributed by atoms with van der Waals surface area (Å²) in [5.74, 6) is 1.79. The zero-order valence-electron chi connectivity index (χ0n) is 12.0. The fourth-order valence-electron chi connectivity index (χ4n) is 3.05. The summed E-state index contributed by atoms with van der Waals surface area (Å²) in [6, 6.07) is 4.75. The normalized spacial score (nSPS) is 22.6. The average molecular weight is 270 g/mol. The average Bonchev–Trinajstić information content (AvgIpc) is 3.02. The van der Waals surface area contributed by atoms with E-state index in [4.69, 9.17) is 0 Å². The molecule has 1 aliphatic carbocycles. The predicted octanol–water partition coefficient (Wildman–Crippen LogP) is 3.65. The standard InChI is InChI=1S/C16H22N4/c1-2-13-4-3-5-14(10-13)19-15-6-7-16(18-11-15)20-9-8-17-12-20/h6-9,11-14,19H,2-5,10H2,1H3. The molecule has 4 nitrogen and oxygen atoms in total. The van der Waals surface area contributed by atoms with E-state index in [1.54, 1.807) is 12.5 Å². The number of hydrogen-bond donors (Lipinski definition) is 1. The van der Waals surface area contributed by atoms with Gasteiger partial charge in [-0.05, 0) is 30.9 Å². The van der Waals surface area contributed by atoms with Gasteiger partial charge >= 0.3 is 0 Å². The molecule has 20 heavy (non-hydrogen) atoms. The first-order valence-corrected chi connectivity index (χ1v) is 7.56. The molecule has 3 rings (SSSR count). The molecule has 0 aliphatic heterocycles. The number of rotatable bonds is 4. The maximum absolute atomic E-state index is 4.49. The SMILES string of the molecule is CCC1CCCC(Nc2ccc(-n3ccnc3)nc2)C1. The van der Waals surface area contributed by atoms with Crippen LogP contribution in [0.25, 0.3) is 5.82 Å². The summed E-state index contributed by atoms with van der Waals surface area (Å²) in [5, 5.41) is 3.63. The Morgan fingerprint density at radius 2 is 2.30 bits per heavy atom. The summed E-state index contributed by atoms with van der Waals surface area (Å²) in [7, 11) is 0. The number of nitrogens with one attached hydrogen (secondary N) is 1. The Morgan fingerprint density at radius 1 is 1.35 bits per heavy atom. The van der Waals surface area contributed by atoms with Crippen molar-refractivity contribution < 1.29 is 0 Å². The number of imidazole rings is 1. The third kappa shape index (κ3) is 3.00. The van der Waals surface area contributed by atoms with Crippen molar-refractivity contribution >= 4 is 5.69 Å². The molecule has 106 valence electrons. The van der Waals surface area contributed by atoms with Gasteiger partial charge in [0.25, 0.3) is 0 Å². The van der Waals surface area contributed by atoms with E-state index < -0.39 is 0 Å². The van der Waals surface area contributed by atoms with Crippen LogP contribution in [0.4, 0.5) is 5.69 Å². The van der Waals surface area contributed by atoms with Crippen molar-refractivity contribution in [1.82, 2.24) is 14.5 Å². The van der Waals surface area contributed by atoms with Crippen LogP contribution in [-0.2, 0) is 0 Å². The Hall–Kier alpha value is -1.84. The fourth-order valence-corrected chi connectivity index (χ4v) is 3.05. The van der Waals surface area contributed by atoms with Gasteiger partial charge in [-0.3, -0.25) is 4.57 Å². The van der Waals surface area contributed by atoms with Gasteiger partial charge in [0.15, 0.2) is 0 Å². The first kappa shape index (κ1) is 13.2. The zero-order valence-corrected chi connectivity index (χ0v) is 12.0. The highest BCUT2D eigenvalue weighted by molar-refractivity contribution is 5.44. The lowest BCUT2D eigenvalue weighted by molar-refractivity contribution is 0.327. The van der Waals surface area contributed by atoms with Crippen molar-refractivity contribution in [2.75, 3.05) is 5.32 Å². The third-order valence-corrected chi connectivity index (χ3v) is 4.25. The molecular weight excluding hydrogens is 248 g/mol. The number of hydrogen-bond acceptors (Lipinski definition) is 3. The van der Waals surface area contributed by atoms with E-state index in [0.29, 0.717) is 6.04 Å². The first-order chi connectivity index (χ1) is 9.85. The molecule has 1 aliphatic rings. The van der Waals surface area contributed by atoms with Crippen LogP contribution in [0.2, 0.25) is 0 Å². The monoisotopic (exact) mass is 270 g/mol. The molecule has 0 amide bonds. The highest BCUT2D eigenvalue weighted by atomic mass is 15.1. The van der Waals surface area contributed by atoms with Crippen molar-refractivity contribution in [2.24, 2.45) is 5.92 Å². The molecular formula is C16H22N4. The van der Waals surface area contributed by atoms with Crippen LogP contribution in [0.3, 0.4) is 0 Å². The second-order valence-electron chi connectivity index (χ2n) is 5.66. The van der Waals surface area contributed by atoms with Gasteiger partial charge in [0.05, 0.1) is 11.9 Å². The first-order valence-electron chi connectivity index (χ1n) is 7.56. The Morgan fingerprint density at radius 3 is 3.00 bits per heavy atom. The molecule has 0 radical (unpaired) electrons. The number of nitrogens with zero attached hydrogens (tertiary/aromatic N) is 3. The van der Waals surface area contributed by atoms with E-state index in [1.165, 1.54) is 32.1 Å². The molecule has 2 aromatic rings. The van der Waals surface area contributed by atoms with E-state index in [0.717, 1.165) is 17.4 Å². The molecule has 0 aromatic carbocycles. The van der Waals surface area contributed by atoms with E-state index in [9.17, 15) is 0 Å². The van der Waals surface area contributed by atoms with Gasteiger partial charge in [0.1, 0.15) is 12.1 Å². The van der Waals surface area contributed by atoms with Gasteiger partial charge in [-0.1, -0.05) is 26.2 Å². The molecule has 4 heteroatoms. The number of aromatic nitrogens is 3. The predicted molar refractivity (Wildman–Crippen MR) is 81.0 cm³/mol. The Labute approximate surface area is 120 Å². The van der Waals surface area contributed by atoms with Crippen LogP contribution >= 0.6 is 0 Å². The molecule has 2 heterocycles. The minimum atomic E-state index is 0.606. The molecule has 0 bridgehead atoms. The molecule has 0 spiro atoms. The third-order valence-electron chi connectivity index (χ3n) is 4.25. The lowest BCUT2D eigenvalue weighted by atomic mass is 9.84. The molecule has 0 saturated heterocycles. The number of pyridine rings is 1. The second-order valence-corrected chi connectivity index (χ2v) is 5.66. The van der Waals surface area contributed by atoms with Gasteiger partial charge in [-0.25, -0.2) is 9.97 Å². The van der Waals surface area contributed by atoms with Crippen LogP contribution in [-0.4, -0.2) is 20.6 Å². The highest BCUT2D eigenvalue weighted by Gasteiger charge is 2.20. The van der Waals surface area contributed by atoms with E-state index in [1.807, 2.05) is 23.0 Å². The molecule has 2 atom stereocenters. The molecule has 1 saturated carbocycles. The minimum Gasteiger partial charge on any atom is -0.381 e. The molecule has 2 aromatic heterocycles. The molecule has 1 fully saturated rings. The highest BCUT2D eigenvalue weighted by Crippen LogP contribution is 2.28. The summed E-state index contributed by atoms with van der Waals surface area (Å²) in [4.78, 5) is 8.53.